The minimum absolute atomic E-state index is 0.122. The van der Waals surface area contributed by atoms with Crippen LogP contribution < -0.4 is 14.8 Å². The van der Waals surface area contributed by atoms with Crippen LogP contribution in [0.3, 0.4) is 0 Å². The number of Topliss-reactive ketones (excluding diaryl/α,β-unsaturated/α-hetero) is 1. The van der Waals surface area contributed by atoms with Crippen LogP contribution in [0.5, 0.6) is 11.5 Å². The number of alkyl halides is 1. The molecule has 1 amide bonds. The molecular weight excluding hydrogens is 504 g/mol. The molecule has 2 aliphatic carbocycles. The van der Waals surface area contributed by atoms with Gasteiger partial charge in [0.05, 0.1) is 31.2 Å². The second kappa shape index (κ2) is 9.74. The Kier molecular flexibility index (Phi) is 6.93. The minimum Gasteiger partial charge on any atom is -0.497 e. The Morgan fingerprint density at radius 3 is 2.71 bits per heavy atom. The monoisotopic (exact) mass is 530 g/mol. The maximum atomic E-state index is 13.0. The highest BCUT2D eigenvalue weighted by Gasteiger charge is 2.61. The number of rotatable bonds is 9. The molecule has 1 aromatic heterocycles. The highest BCUT2D eigenvalue weighted by Crippen LogP contribution is 2.46. The molecule has 180 valence electrons. The molecule has 2 aliphatic rings. The molecule has 34 heavy (non-hydrogen) atoms. The number of aromatic nitrogens is 1. The van der Waals surface area contributed by atoms with Crippen LogP contribution in [0.15, 0.2) is 36.9 Å². The number of amides is 1. The summed E-state index contributed by atoms with van der Waals surface area (Å²) in [4.78, 5) is 42.0. The van der Waals surface area contributed by atoms with E-state index in [4.69, 9.17) is 14.2 Å². The van der Waals surface area contributed by atoms with E-state index in [1.165, 1.54) is 7.11 Å². The van der Waals surface area contributed by atoms with E-state index in [0.29, 0.717) is 48.4 Å². The molecule has 9 heteroatoms. The molecule has 0 aliphatic heterocycles. The Bertz CT molecular complexity index is 1150. The summed E-state index contributed by atoms with van der Waals surface area (Å²) in [5.41, 5.74) is -0.112. The zero-order valence-electron chi connectivity index (χ0n) is 19.1. The summed E-state index contributed by atoms with van der Waals surface area (Å²) >= 11 is 3.20. The predicted octanol–water partition coefficient (Wildman–Crippen LogP) is 3.60. The number of pyridine rings is 1. The van der Waals surface area contributed by atoms with Gasteiger partial charge in [-0.3, -0.25) is 9.59 Å². The first-order valence-electron chi connectivity index (χ1n) is 11.1. The van der Waals surface area contributed by atoms with Gasteiger partial charge in [0.15, 0.2) is 5.78 Å². The molecule has 4 rings (SSSR count). The van der Waals surface area contributed by atoms with Crippen molar-refractivity contribution in [2.45, 2.75) is 37.3 Å². The number of methoxy groups -OCH3 is 2. The van der Waals surface area contributed by atoms with Gasteiger partial charge >= 0.3 is 5.97 Å². The molecule has 0 saturated heterocycles. The lowest BCUT2D eigenvalue weighted by molar-refractivity contribution is -0.147. The van der Waals surface area contributed by atoms with Gasteiger partial charge in [0.2, 0.25) is 5.91 Å². The molecule has 1 aromatic carbocycles. The average molecular weight is 531 g/mol. The number of hydrogen-bond donors (Lipinski definition) is 1. The van der Waals surface area contributed by atoms with Crippen LogP contribution in [0.2, 0.25) is 0 Å². The van der Waals surface area contributed by atoms with Crippen LogP contribution in [0.1, 0.15) is 36.2 Å². The highest BCUT2D eigenvalue weighted by molar-refractivity contribution is 9.09. The molecule has 0 radical (unpaired) electrons. The van der Waals surface area contributed by atoms with E-state index >= 15 is 0 Å². The predicted molar refractivity (Wildman–Crippen MR) is 129 cm³/mol. The van der Waals surface area contributed by atoms with Crippen molar-refractivity contribution < 1.29 is 28.6 Å². The molecule has 1 unspecified atom stereocenters. The fourth-order valence-corrected chi connectivity index (χ4v) is 4.87. The van der Waals surface area contributed by atoms with Crippen LogP contribution in [-0.4, -0.2) is 53.8 Å². The standard InChI is InChI=1S/C25H27BrN2O6/c1-4-15-12-25(15,24(31)33-3)28-23(30)14-5-6-17(9-14)34-22-11-20(21(29)13-26)27-19-10-16(32-2)7-8-18(19)22/h4,7-8,10-11,14-15,17H,1,5-6,9,12-13H2,2-3H3,(H,28,30)/t14-,15-,17?,25+/m0/s1. The third-order valence-electron chi connectivity index (χ3n) is 6.63. The molecular formula is C25H27BrN2O6. The minimum atomic E-state index is -1.00. The summed E-state index contributed by atoms with van der Waals surface area (Å²) < 4.78 is 16.5. The Labute approximate surface area is 206 Å². The molecule has 1 N–H and O–H groups in total. The number of hydrogen-bond acceptors (Lipinski definition) is 7. The van der Waals surface area contributed by atoms with Crippen molar-refractivity contribution in [2.24, 2.45) is 11.8 Å². The lowest BCUT2D eigenvalue weighted by Crippen LogP contribution is -2.47. The van der Waals surface area contributed by atoms with Crippen molar-refractivity contribution in [2.75, 3.05) is 19.5 Å². The average Bonchev–Trinajstić information content (AvgIpc) is 3.37. The maximum absolute atomic E-state index is 13.0. The molecule has 8 nitrogen and oxygen atoms in total. The Morgan fingerprint density at radius 1 is 1.26 bits per heavy atom. The zero-order valence-corrected chi connectivity index (χ0v) is 20.7. The van der Waals surface area contributed by atoms with Crippen LogP contribution >= 0.6 is 15.9 Å². The maximum Gasteiger partial charge on any atom is 0.332 e. The molecule has 0 spiro atoms. The first-order chi connectivity index (χ1) is 16.3. The van der Waals surface area contributed by atoms with E-state index in [2.05, 4.69) is 32.8 Å². The number of ether oxygens (including phenoxy) is 3. The van der Waals surface area contributed by atoms with E-state index in [1.807, 2.05) is 12.1 Å². The summed E-state index contributed by atoms with van der Waals surface area (Å²) in [6.07, 6.45) is 3.78. The van der Waals surface area contributed by atoms with Crippen molar-refractivity contribution in [1.82, 2.24) is 10.3 Å². The van der Waals surface area contributed by atoms with Gasteiger partial charge in [-0.2, -0.15) is 0 Å². The molecule has 2 aromatic rings. The summed E-state index contributed by atoms with van der Waals surface area (Å²) in [5, 5.41) is 3.81. The zero-order chi connectivity index (χ0) is 24.5. The first-order valence-corrected chi connectivity index (χ1v) is 12.2. The second-order valence-electron chi connectivity index (χ2n) is 8.69. The lowest BCUT2D eigenvalue weighted by Gasteiger charge is -2.20. The third-order valence-corrected chi connectivity index (χ3v) is 7.14. The molecule has 0 bridgehead atoms. The Morgan fingerprint density at radius 2 is 2.06 bits per heavy atom. The van der Waals surface area contributed by atoms with Crippen LogP contribution in [0, 0.1) is 11.8 Å². The van der Waals surface area contributed by atoms with E-state index in [9.17, 15) is 14.4 Å². The highest BCUT2D eigenvalue weighted by atomic mass is 79.9. The topological polar surface area (TPSA) is 104 Å². The van der Waals surface area contributed by atoms with E-state index < -0.39 is 11.5 Å². The van der Waals surface area contributed by atoms with E-state index in [1.54, 1.807) is 25.3 Å². The van der Waals surface area contributed by atoms with E-state index in [0.717, 1.165) is 5.39 Å². The van der Waals surface area contributed by atoms with Crippen molar-refractivity contribution in [3.8, 4) is 11.5 Å². The van der Waals surface area contributed by atoms with Gasteiger partial charge in [-0.1, -0.05) is 22.0 Å². The number of esters is 1. The van der Waals surface area contributed by atoms with Gasteiger partial charge in [-0.25, -0.2) is 9.78 Å². The van der Waals surface area contributed by atoms with Gasteiger partial charge < -0.3 is 19.5 Å². The molecule has 2 saturated carbocycles. The lowest BCUT2D eigenvalue weighted by atomic mass is 10.1. The summed E-state index contributed by atoms with van der Waals surface area (Å²) in [7, 11) is 2.89. The Hall–Kier alpha value is -2.94. The number of benzene rings is 1. The quantitative estimate of drug-likeness (QED) is 0.228. The van der Waals surface area contributed by atoms with Crippen molar-refractivity contribution >= 4 is 44.5 Å². The third kappa shape index (κ3) is 4.53. The van der Waals surface area contributed by atoms with Crippen LogP contribution in [0.4, 0.5) is 0 Å². The summed E-state index contributed by atoms with van der Waals surface area (Å²) in [5.74, 6) is -0.0168. The molecule has 4 atom stereocenters. The van der Waals surface area contributed by atoms with Gasteiger partial charge in [0.25, 0.3) is 0 Å². The summed E-state index contributed by atoms with van der Waals surface area (Å²) in [6.45, 7) is 3.74. The van der Waals surface area contributed by atoms with Gasteiger partial charge in [0.1, 0.15) is 22.7 Å². The van der Waals surface area contributed by atoms with Crippen LogP contribution in [-0.2, 0) is 14.3 Å². The van der Waals surface area contributed by atoms with Gasteiger partial charge in [-0.05, 0) is 37.8 Å². The number of halogens is 1. The molecule has 1 heterocycles. The smallest absolute Gasteiger partial charge is 0.332 e. The Balaban J connectivity index is 1.50. The fourth-order valence-electron chi connectivity index (χ4n) is 4.58. The van der Waals surface area contributed by atoms with Gasteiger partial charge in [0, 0.05) is 29.4 Å². The SMILES string of the molecule is C=C[C@H]1C[C@]1(NC(=O)[C@H]1CCC(Oc2cc(C(=O)CBr)nc3cc(OC)ccc23)C1)C(=O)OC. The number of ketones is 1. The fraction of sp³-hybridized carbons (Fsp3) is 0.440. The van der Waals surface area contributed by atoms with Crippen LogP contribution in [0.25, 0.3) is 10.9 Å². The molecule has 2 fully saturated rings. The number of carbonyl (C=O) groups is 3. The van der Waals surface area contributed by atoms with Crippen molar-refractivity contribution in [3.05, 3.63) is 42.6 Å². The van der Waals surface area contributed by atoms with E-state index in [-0.39, 0.29) is 35.0 Å². The number of fused-ring (bicyclic) bond motifs is 1. The number of carbonyl (C=O) groups excluding carboxylic acids is 3. The second-order valence-corrected chi connectivity index (χ2v) is 9.25. The van der Waals surface area contributed by atoms with Crippen molar-refractivity contribution in [1.29, 1.82) is 0 Å². The summed E-state index contributed by atoms with van der Waals surface area (Å²) in [6, 6.07) is 7.07. The first kappa shape index (κ1) is 24.2. The van der Waals surface area contributed by atoms with Crippen molar-refractivity contribution in [3.63, 3.8) is 0 Å². The number of nitrogens with zero attached hydrogens (tertiary/aromatic N) is 1. The normalized spacial score (nSPS) is 25.4. The number of nitrogens with one attached hydrogen (secondary N) is 1. The largest absolute Gasteiger partial charge is 0.497 e. The van der Waals surface area contributed by atoms with Gasteiger partial charge in [-0.15, -0.1) is 6.58 Å².